The minimum atomic E-state index is -0.763. The van der Waals surface area contributed by atoms with Crippen molar-refractivity contribution in [2.45, 2.75) is 52.5 Å². The first-order chi connectivity index (χ1) is 13.8. The number of unbranched alkanes of at least 4 members (excludes halogenated alkanes) is 3. The van der Waals surface area contributed by atoms with E-state index in [0.29, 0.717) is 23.9 Å². The van der Waals surface area contributed by atoms with Gasteiger partial charge in [-0.05, 0) is 31.0 Å². The molecular weight excluding hydrogens is 443 g/mol. The van der Waals surface area contributed by atoms with E-state index in [-0.39, 0.29) is 23.6 Å². The first-order valence-corrected chi connectivity index (χ1v) is 10.5. The second-order valence-electron chi connectivity index (χ2n) is 6.79. The Kier molecular flexibility index (Phi) is 8.19. The zero-order valence-electron chi connectivity index (χ0n) is 16.6. The number of carbonyl (C=O) groups is 1. The summed E-state index contributed by atoms with van der Waals surface area (Å²) in [6.45, 7) is 4.46. The molecule has 0 aliphatic carbocycles. The maximum atomic E-state index is 14.4. The minimum absolute atomic E-state index is 0.0903. The number of nitrogens with one attached hydrogen (secondary N) is 1. The van der Waals surface area contributed by atoms with Gasteiger partial charge in [-0.15, -0.1) is 0 Å². The number of benzene rings is 1. The van der Waals surface area contributed by atoms with E-state index in [0.717, 1.165) is 19.3 Å². The summed E-state index contributed by atoms with van der Waals surface area (Å²) in [5.74, 6) is -1.47. The lowest BCUT2D eigenvalue weighted by Crippen LogP contribution is -2.42. The van der Waals surface area contributed by atoms with Crippen LogP contribution in [0.3, 0.4) is 0 Å². The monoisotopic (exact) mass is 468 g/mol. The number of anilines is 2. The van der Waals surface area contributed by atoms with Crippen LogP contribution in [0.1, 0.15) is 56.3 Å². The molecule has 9 heteroatoms. The van der Waals surface area contributed by atoms with Gasteiger partial charge >= 0.3 is 5.69 Å². The van der Waals surface area contributed by atoms with E-state index < -0.39 is 23.0 Å². The van der Waals surface area contributed by atoms with Crippen LogP contribution in [0, 0.1) is 5.82 Å². The molecule has 0 radical (unpaired) electrons. The SMILES string of the molecule is CCCCCN(C(=O)c1cc(Br)ccc1F)c1c(N)n(CCCC)c(=O)[nH]c1=O. The van der Waals surface area contributed by atoms with Gasteiger partial charge in [0.1, 0.15) is 11.6 Å². The summed E-state index contributed by atoms with van der Waals surface area (Å²) in [5, 5.41) is 0. The van der Waals surface area contributed by atoms with E-state index in [2.05, 4.69) is 20.9 Å². The van der Waals surface area contributed by atoms with Crippen LogP contribution in [0.5, 0.6) is 0 Å². The van der Waals surface area contributed by atoms with Crippen LogP contribution in [0.15, 0.2) is 32.3 Å². The summed E-state index contributed by atoms with van der Waals surface area (Å²) in [7, 11) is 0. The molecule has 3 N–H and O–H groups in total. The molecule has 7 nitrogen and oxygen atoms in total. The maximum Gasteiger partial charge on any atom is 0.330 e. The summed E-state index contributed by atoms with van der Waals surface area (Å²) in [6.07, 6.45) is 3.82. The van der Waals surface area contributed by atoms with Gasteiger partial charge in [0.05, 0.1) is 5.56 Å². The Labute approximate surface area is 176 Å². The van der Waals surface area contributed by atoms with Gasteiger partial charge in [0.2, 0.25) is 0 Å². The van der Waals surface area contributed by atoms with E-state index in [1.165, 1.54) is 27.7 Å². The third kappa shape index (κ3) is 5.35. The molecule has 0 aliphatic rings. The second kappa shape index (κ2) is 10.4. The Hall–Kier alpha value is -2.42. The van der Waals surface area contributed by atoms with Crippen LogP contribution in [0.25, 0.3) is 0 Å². The van der Waals surface area contributed by atoms with Crippen molar-refractivity contribution in [3.63, 3.8) is 0 Å². The number of halogens is 2. The molecule has 1 aromatic heterocycles. The van der Waals surface area contributed by atoms with Crippen molar-refractivity contribution in [3.05, 3.63) is 54.9 Å². The lowest BCUT2D eigenvalue weighted by Gasteiger charge is -2.25. The molecule has 1 amide bonds. The Balaban J connectivity index is 2.60. The number of nitrogens with two attached hydrogens (primary N) is 1. The summed E-state index contributed by atoms with van der Waals surface area (Å²) in [4.78, 5) is 41.4. The molecular formula is C20H26BrFN4O3. The highest BCUT2D eigenvalue weighted by atomic mass is 79.9. The lowest BCUT2D eigenvalue weighted by molar-refractivity contribution is 0.0982. The fourth-order valence-electron chi connectivity index (χ4n) is 3.02. The molecule has 1 aromatic carbocycles. The third-order valence-corrected chi connectivity index (χ3v) is 5.10. The van der Waals surface area contributed by atoms with Crippen molar-refractivity contribution in [1.29, 1.82) is 0 Å². The predicted octanol–water partition coefficient (Wildman–Crippen LogP) is 3.66. The molecule has 0 atom stereocenters. The zero-order valence-corrected chi connectivity index (χ0v) is 18.2. The van der Waals surface area contributed by atoms with Crippen LogP contribution >= 0.6 is 15.9 Å². The highest BCUT2D eigenvalue weighted by Gasteiger charge is 2.26. The van der Waals surface area contributed by atoms with Crippen molar-refractivity contribution in [1.82, 2.24) is 9.55 Å². The summed E-state index contributed by atoms with van der Waals surface area (Å²) < 4.78 is 16.1. The van der Waals surface area contributed by atoms with Crippen molar-refractivity contribution < 1.29 is 9.18 Å². The smallest absolute Gasteiger partial charge is 0.330 e. The number of hydrogen-bond donors (Lipinski definition) is 2. The summed E-state index contributed by atoms with van der Waals surface area (Å²) in [6, 6.07) is 4.03. The fourth-order valence-corrected chi connectivity index (χ4v) is 3.38. The molecule has 2 aromatic rings. The minimum Gasteiger partial charge on any atom is -0.383 e. The molecule has 0 bridgehead atoms. The van der Waals surface area contributed by atoms with Crippen LogP contribution < -0.4 is 21.9 Å². The third-order valence-electron chi connectivity index (χ3n) is 4.61. The van der Waals surface area contributed by atoms with Gasteiger partial charge in [0.25, 0.3) is 11.5 Å². The lowest BCUT2D eigenvalue weighted by atomic mass is 10.1. The van der Waals surface area contributed by atoms with Gasteiger partial charge in [-0.25, -0.2) is 9.18 Å². The Bertz CT molecular complexity index is 987. The van der Waals surface area contributed by atoms with Gasteiger partial charge in [0, 0.05) is 17.6 Å². The molecule has 0 aliphatic heterocycles. The highest BCUT2D eigenvalue weighted by molar-refractivity contribution is 9.10. The van der Waals surface area contributed by atoms with Crippen molar-refractivity contribution in [2.24, 2.45) is 0 Å². The molecule has 0 saturated heterocycles. The molecule has 1 heterocycles. The largest absolute Gasteiger partial charge is 0.383 e. The Morgan fingerprint density at radius 3 is 2.55 bits per heavy atom. The van der Waals surface area contributed by atoms with E-state index in [1.54, 1.807) is 0 Å². The molecule has 0 spiro atoms. The number of rotatable bonds is 9. The quantitative estimate of drug-likeness (QED) is 0.548. The highest BCUT2D eigenvalue weighted by Crippen LogP contribution is 2.23. The number of hydrogen-bond acceptors (Lipinski definition) is 4. The molecule has 0 unspecified atom stereocenters. The van der Waals surface area contributed by atoms with Crippen LogP contribution in [0.4, 0.5) is 15.9 Å². The number of nitrogen functional groups attached to an aromatic ring is 1. The standard InChI is InChI=1S/C20H26BrFN4O3/c1-3-5-7-11-25(19(28)14-12-13(21)8-9-15(14)22)16-17(23)26(10-6-4-2)20(29)24-18(16)27/h8-9,12H,3-7,10-11,23H2,1-2H3,(H,24,27,29). The number of amides is 1. The first-order valence-electron chi connectivity index (χ1n) is 9.71. The maximum absolute atomic E-state index is 14.4. The van der Waals surface area contributed by atoms with Gasteiger partial charge in [-0.2, -0.15) is 0 Å². The normalized spacial score (nSPS) is 10.9. The average Bonchev–Trinajstić information content (AvgIpc) is 2.68. The van der Waals surface area contributed by atoms with E-state index >= 15 is 0 Å². The number of aromatic nitrogens is 2. The van der Waals surface area contributed by atoms with Crippen LogP contribution in [-0.2, 0) is 6.54 Å². The number of carbonyl (C=O) groups excluding carboxylic acids is 1. The number of nitrogens with zero attached hydrogens (tertiary/aromatic N) is 2. The fraction of sp³-hybridized carbons (Fsp3) is 0.450. The molecule has 158 valence electrons. The molecule has 0 saturated carbocycles. The van der Waals surface area contributed by atoms with Gasteiger partial charge in [-0.1, -0.05) is 49.0 Å². The molecule has 0 fully saturated rings. The second-order valence-corrected chi connectivity index (χ2v) is 7.70. The Morgan fingerprint density at radius 2 is 1.90 bits per heavy atom. The topological polar surface area (TPSA) is 101 Å². The van der Waals surface area contributed by atoms with Crippen molar-refractivity contribution in [2.75, 3.05) is 17.2 Å². The van der Waals surface area contributed by atoms with Crippen molar-refractivity contribution in [3.8, 4) is 0 Å². The van der Waals surface area contributed by atoms with Gasteiger partial charge in [-0.3, -0.25) is 19.1 Å². The van der Waals surface area contributed by atoms with Crippen molar-refractivity contribution >= 4 is 33.3 Å². The molecule has 29 heavy (non-hydrogen) atoms. The average molecular weight is 469 g/mol. The summed E-state index contributed by atoms with van der Waals surface area (Å²) in [5.41, 5.74) is 4.47. The van der Waals surface area contributed by atoms with E-state index in [1.807, 2.05) is 13.8 Å². The first kappa shape index (κ1) is 22.9. The zero-order chi connectivity index (χ0) is 21.6. The van der Waals surface area contributed by atoms with Gasteiger partial charge in [0.15, 0.2) is 5.69 Å². The Morgan fingerprint density at radius 1 is 1.21 bits per heavy atom. The van der Waals surface area contributed by atoms with Crippen LogP contribution in [0.2, 0.25) is 0 Å². The van der Waals surface area contributed by atoms with E-state index in [4.69, 9.17) is 5.73 Å². The number of H-pyrrole nitrogens is 1. The van der Waals surface area contributed by atoms with E-state index in [9.17, 15) is 18.8 Å². The van der Waals surface area contributed by atoms with Crippen LogP contribution in [-0.4, -0.2) is 22.0 Å². The van der Waals surface area contributed by atoms with Gasteiger partial charge < -0.3 is 10.6 Å². The predicted molar refractivity (Wildman–Crippen MR) is 116 cm³/mol. The number of aromatic amines is 1. The summed E-state index contributed by atoms with van der Waals surface area (Å²) >= 11 is 3.24. The molecule has 2 rings (SSSR count).